The normalized spacial score (nSPS) is 13.3. The Kier molecular flexibility index (Phi) is 7.13. The quantitative estimate of drug-likeness (QED) is 0.593. The van der Waals surface area contributed by atoms with Crippen LogP contribution in [0.1, 0.15) is 44.2 Å². The van der Waals surface area contributed by atoms with E-state index in [4.69, 9.17) is 14.2 Å². The number of hydrogen-bond donors (Lipinski definition) is 0. The SMILES string of the molecule is CCC(C)c1ccc(OC(C)OCCc2ccccc2)c(OC)c1. The Morgan fingerprint density at radius 3 is 2.38 bits per heavy atom. The molecule has 0 aliphatic heterocycles. The highest BCUT2D eigenvalue weighted by molar-refractivity contribution is 5.43. The second-order valence-corrected chi connectivity index (χ2v) is 6.01. The first-order valence-electron chi connectivity index (χ1n) is 8.64. The third kappa shape index (κ3) is 5.27. The lowest BCUT2D eigenvalue weighted by Gasteiger charge is -2.19. The highest BCUT2D eigenvalue weighted by atomic mass is 16.7. The van der Waals surface area contributed by atoms with Crippen molar-refractivity contribution in [3.63, 3.8) is 0 Å². The summed E-state index contributed by atoms with van der Waals surface area (Å²) in [5.74, 6) is 1.98. The van der Waals surface area contributed by atoms with Gasteiger partial charge in [-0.05, 0) is 48.9 Å². The molecule has 24 heavy (non-hydrogen) atoms. The van der Waals surface area contributed by atoms with Crippen LogP contribution in [-0.4, -0.2) is 20.0 Å². The maximum Gasteiger partial charge on any atom is 0.197 e. The van der Waals surface area contributed by atoms with Crippen molar-refractivity contribution in [2.24, 2.45) is 0 Å². The van der Waals surface area contributed by atoms with Crippen molar-refractivity contribution in [3.05, 3.63) is 59.7 Å². The highest BCUT2D eigenvalue weighted by Gasteiger charge is 2.12. The van der Waals surface area contributed by atoms with Crippen molar-refractivity contribution >= 4 is 0 Å². The molecule has 2 atom stereocenters. The minimum Gasteiger partial charge on any atom is -0.493 e. The molecule has 0 radical (unpaired) electrons. The minimum atomic E-state index is -0.322. The molecule has 0 aromatic heterocycles. The summed E-state index contributed by atoms with van der Waals surface area (Å²) in [5, 5.41) is 0. The predicted molar refractivity (Wildman–Crippen MR) is 97.9 cm³/mol. The highest BCUT2D eigenvalue weighted by Crippen LogP contribution is 2.32. The van der Waals surface area contributed by atoms with Crippen LogP contribution in [0.4, 0.5) is 0 Å². The summed E-state index contributed by atoms with van der Waals surface area (Å²) in [6.45, 7) is 6.93. The van der Waals surface area contributed by atoms with E-state index in [1.165, 1.54) is 11.1 Å². The van der Waals surface area contributed by atoms with E-state index in [0.717, 1.165) is 24.3 Å². The van der Waals surface area contributed by atoms with E-state index in [0.29, 0.717) is 12.5 Å². The van der Waals surface area contributed by atoms with Gasteiger partial charge in [-0.3, -0.25) is 0 Å². The smallest absolute Gasteiger partial charge is 0.197 e. The summed E-state index contributed by atoms with van der Waals surface area (Å²) in [4.78, 5) is 0. The molecule has 0 N–H and O–H groups in total. The summed E-state index contributed by atoms with van der Waals surface area (Å²) >= 11 is 0. The summed E-state index contributed by atoms with van der Waals surface area (Å²) in [6.07, 6.45) is 1.65. The van der Waals surface area contributed by atoms with Crippen LogP contribution in [0.25, 0.3) is 0 Å². The van der Waals surface area contributed by atoms with E-state index in [-0.39, 0.29) is 6.29 Å². The molecule has 0 bridgehead atoms. The van der Waals surface area contributed by atoms with Gasteiger partial charge in [0.1, 0.15) is 0 Å². The number of methoxy groups -OCH3 is 1. The van der Waals surface area contributed by atoms with Crippen molar-refractivity contribution in [1.82, 2.24) is 0 Å². The Balaban J connectivity index is 1.89. The molecule has 0 heterocycles. The maximum atomic E-state index is 5.90. The Bertz CT molecular complexity index is 610. The zero-order valence-electron chi connectivity index (χ0n) is 15.1. The third-order valence-electron chi connectivity index (χ3n) is 4.25. The molecule has 3 heteroatoms. The fourth-order valence-corrected chi connectivity index (χ4v) is 2.52. The van der Waals surface area contributed by atoms with Crippen LogP contribution < -0.4 is 9.47 Å². The van der Waals surface area contributed by atoms with E-state index < -0.39 is 0 Å². The first-order valence-corrected chi connectivity index (χ1v) is 8.64. The van der Waals surface area contributed by atoms with Crippen molar-refractivity contribution in [3.8, 4) is 11.5 Å². The standard InChI is InChI=1S/C21H28O3/c1-5-16(2)19-11-12-20(21(15-19)22-4)24-17(3)23-14-13-18-9-7-6-8-10-18/h6-12,15-17H,5,13-14H2,1-4H3. The molecule has 130 valence electrons. The first kappa shape index (κ1) is 18.3. The number of hydrogen-bond acceptors (Lipinski definition) is 3. The topological polar surface area (TPSA) is 27.7 Å². The lowest BCUT2D eigenvalue weighted by Crippen LogP contribution is -2.18. The molecule has 2 aromatic rings. The molecule has 0 saturated carbocycles. The van der Waals surface area contributed by atoms with Crippen LogP contribution in [0, 0.1) is 0 Å². The molecule has 2 rings (SSSR count). The molecule has 0 spiro atoms. The maximum absolute atomic E-state index is 5.90. The Morgan fingerprint density at radius 1 is 0.958 bits per heavy atom. The number of rotatable bonds is 9. The van der Waals surface area contributed by atoms with Crippen molar-refractivity contribution in [2.75, 3.05) is 13.7 Å². The van der Waals surface area contributed by atoms with E-state index in [1.54, 1.807) is 7.11 Å². The van der Waals surface area contributed by atoms with Crippen LogP contribution in [0.3, 0.4) is 0 Å². The Morgan fingerprint density at radius 2 is 1.71 bits per heavy atom. The second-order valence-electron chi connectivity index (χ2n) is 6.01. The number of ether oxygens (including phenoxy) is 3. The molecule has 2 unspecified atom stereocenters. The largest absolute Gasteiger partial charge is 0.493 e. The lowest BCUT2D eigenvalue weighted by molar-refractivity contribution is -0.0664. The summed E-state index contributed by atoms with van der Waals surface area (Å²) in [7, 11) is 1.67. The fraction of sp³-hybridized carbons (Fsp3) is 0.429. The van der Waals surface area contributed by atoms with Crippen LogP contribution in [0.15, 0.2) is 48.5 Å². The molecule has 0 amide bonds. The van der Waals surface area contributed by atoms with Gasteiger partial charge in [0.05, 0.1) is 13.7 Å². The van der Waals surface area contributed by atoms with Crippen LogP contribution in [0.2, 0.25) is 0 Å². The Labute approximate surface area is 145 Å². The second kappa shape index (κ2) is 9.33. The molecule has 0 aliphatic carbocycles. The first-order chi connectivity index (χ1) is 11.6. The van der Waals surface area contributed by atoms with Gasteiger partial charge >= 0.3 is 0 Å². The van der Waals surface area contributed by atoms with Crippen LogP contribution in [0.5, 0.6) is 11.5 Å². The van der Waals surface area contributed by atoms with Gasteiger partial charge in [-0.2, -0.15) is 0 Å². The molecule has 2 aromatic carbocycles. The van der Waals surface area contributed by atoms with Gasteiger partial charge in [0.25, 0.3) is 0 Å². The molecule has 0 saturated heterocycles. The summed E-state index contributed by atoms with van der Waals surface area (Å²) in [5.41, 5.74) is 2.53. The fourth-order valence-electron chi connectivity index (χ4n) is 2.52. The van der Waals surface area contributed by atoms with E-state index in [2.05, 4.69) is 38.1 Å². The van der Waals surface area contributed by atoms with Crippen molar-refractivity contribution in [1.29, 1.82) is 0 Å². The van der Waals surface area contributed by atoms with Gasteiger partial charge in [0, 0.05) is 0 Å². The minimum absolute atomic E-state index is 0.322. The molecule has 0 fully saturated rings. The van der Waals surface area contributed by atoms with Crippen molar-refractivity contribution < 1.29 is 14.2 Å². The monoisotopic (exact) mass is 328 g/mol. The van der Waals surface area contributed by atoms with E-state index in [1.807, 2.05) is 31.2 Å². The molecular weight excluding hydrogens is 300 g/mol. The van der Waals surface area contributed by atoms with E-state index >= 15 is 0 Å². The average Bonchev–Trinajstić information content (AvgIpc) is 2.62. The van der Waals surface area contributed by atoms with E-state index in [9.17, 15) is 0 Å². The molecule has 0 aliphatic rings. The third-order valence-corrected chi connectivity index (χ3v) is 4.25. The van der Waals surface area contributed by atoms with Gasteiger partial charge in [-0.1, -0.05) is 50.2 Å². The molecule has 3 nitrogen and oxygen atoms in total. The van der Waals surface area contributed by atoms with Gasteiger partial charge in [0.15, 0.2) is 17.8 Å². The molecular formula is C21H28O3. The van der Waals surface area contributed by atoms with Gasteiger partial charge in [0.2, 0.25) is 0 Å². The zero-order chi connectivity index (χ0) is 17.4. The van der Waals surface area contributed by atoms with Gasteiger partial charge in [-0.15, -0.1) is 0 Å². The predicted octanol–water partition coefficient (Wildman–Crippen LogP) is 5.19. The Hall–Kier alpha value is -2.00. The lowest BCUT2D eigenvalue weighted by atomic mass is 9.98. The summed E-state index contributed by atoms with van der Waals surface area (Å²) < 4.78 is 17.1. The zero-order valence-corrected chi connectivity index (χ0v) is 15.1. The summed E-state index contributed by atoms with van der Waals surface area (Å²) in [6, 6.07) is 16.4. The van der Waals surface area contributed by atoms with Crippen LogP contribution in [-0.2, 0) is 11.2 Å². The van der Waals surface area contributed by atoms with Gasteiger partial charge in [-0.25, -0.2) is 0 Å². The number of benzene rings is 2. The van der Waals surface area contributed by atoms with Gasteiger partial charge < -0.3 is 14.2 Å². The van der Waals surface area contributed by atoms with Crippen LogP contribution >= 0.6 is 0 Å². The average molecular weight is 328 g/mol. The van der Waals surface area contributed by atoms with Crippen molar-refractivity contribution in [2.45, 2.75) is 45.8 Å².